The van der Waals surface area contributed by atoms with Crippen LogP contribution < -0.4 is 14.8 Å². The smallest absolute Gasteiger partial charge is 0.257 e. The molecule has 3 atom stereocenters. The Balaban J connectivity index is 2.40. The Hall–Kier alpha value is -1.84. The van der Waals surface area contributed by atoms with Crippen molar-refractivity contribution in [3.8, 4) is 5.75 Å². The number of methoxy groups -OCH3 is 1. The Morgan fingerprint density at radius 2 is 2.04 bits per heavy atom. The summed E-state index contributed by atoms with van der Waals surface area (Å²) in [6, 6.07) is 4.78. The Kier molecular flexibility index (Phi) is 7.07. The summed E-state index contributed by atoms with van der Waals surface area (Å²) in [6.07, 6.45) is 0.939. The van der Waals surface area contributed by atoms with Crippen molar-refractivity contribution in [2.45, 2.75) is 26.0 Å². The second-order valence-corrected chi connectivity index (χ2v) is 8.89. The fraction of sp³-hybridized carbons (Fsp3) is 0.611. The average molecular weight is 400 g/mol. The lowest BCUT2D eigenvalue weighted by Gasteiger charge is -2.30. The van der Waals surface area contributed by atoms with Crippen molar-refractivity contribution in [1.82, 2.24) is 10.2 Å². The zero-order chi connectivity index (χ0) is 20.2. The predicted octanol–water partition coefficient (Wildman–Crippen LogP) is 1.15. The molecule has 27 heavy (non-hydrogen) atoms. The van der Waals surface area contributed by atoms with Crippen LogP contribution >= 0.6 is 0 Å². The van der Waals surface area contributed by atoms with E-state index in [-0.39, 0.29) is 24.0 Å². The van der Waals surface area contributed by atoms with Crippen molar-refractivity contribution in [1.29, 1.82) is 0 Å². The molecule has 2 rings (SSSR count). The van der Waals surface area contributed by atoms with Gasteiger partial charge in [-0.3, -0.25) is 9.52 Å². The maximum Gasteiger partial charge on any atom is 0.257 e. The third-order valence-electron chi connectivity index (χ3n) is 4.53. The van der Waals surface area contributed by atoms with Crippen LogP contribution in [-0.4, -0.2) is 71.5 Å². The highest BCUT2D eigenvalue weighted by molar-refractivity contribution is 7.92. The largest absolute Gasteiger partial charge is 0.491 e. The second-order valence-electron chi connectivity index (χ2n) is 7.14. The normalized spacial score (nSPS) is 25.0. The number of carbonyl (C=O) groups excluding carboxylic acids is 1. The minimum Gasteiger partial charge on any atom is -0.491 e. The number of nitrogens with one attached hydrogen (secondary N) is 2. The Labute approximate surface area is 161 Å². The fourth-order valence-corrected chi connectivity index (χ4v) is 3.49. The van der Waals surface area contributed by atoms with Crippen LogP contribution in [-0.2, 0) is 14.8 Å². The van der Waals surface area contributed by atoms with E-state index < -0.39 is 10.0 Å². The lowest BCUT2D eigenvalue weighted by Crippen LogP contribution is -2.44. The topological polar surface area (TPSA) is 97.0 Å². The average Bonchev–Trinajstić information content (AvgIpc) is 2.60. The molecule has 0 aromatic heterocycles. The van der Waals surface area contributed by atoms with Gasteiger partial charge in [0, 0.05) is 39.0 Å². The number of rotatable bonds is 3. The highest BCUT2D eigenvalue weighted by atomic mass is 32.2. The van der Waals surface area contributed by atoms with Gasteiger partial charge in [0.05, 0.1) is 17.9 Å². The van der Waals surface area contributed by atoms with Gasteiger partial charge in [-0.05, 0) is 31.0 Å². The number of nitrogens with zero attached hydrogens (tertiary/aromatic N) is 1. The number of ether oxygens (including phenoxy) is 2. The van der Waals surface area contributed by atoms with Gasteiger partial charge < -0.3 is 19.7 Å². The van der Waals surface area contributed by atoms with E-state index in [1.54, 1.807) is 31.2 Å². The summed E-state index contributed by atoms with van der Waals surface area (Å²) in [4.78, 5) is 14.6. The quantitative estimate of drug-likeness (QED) is 0.792. The van der Waals surface area contributed by atoms with Crippen LogP contribution in [0.2, 0.25) is 0 Å². The first kappa shape index (κ1) is 21.5. The van der Waals surface area contributed by atoms with Gasteiger partial charge in [0.2, 0.25) is 10.0 Å². The molecule has 8 nitrogen and oxygen atoms in total. The number of anilines is 1. The van der Waals surface area contributed by atoms with Crippen LogP contribution in [0.3, 0.4) is 0 Å². The monoisotopic (exact) mass is 399 g/mol. The molecule has 1 aliphatic heterocycles. The Bertz CT molecular complexity index is 768. The molecular weight excluding hydrogens is 370 g/mol. The van der Waals surface area contributed by atoms with Crippen molar-refractivity contribution in [2.75, 3.05) is 44.8 Å². The van der Waals surface area contributed by atoms with Crippen LogP contribution in [0, 0.1) is 5.92 Å². The summed E-state index contributed by atoms with van der Waals surface area (Å²) < 4.78 is 36.9. The van der Waals surface area contributed by atoms with Crippen molar-refractivity contribution < 1.29 is 22.7 Å². The molecule has 0 spiro atoms. The van der Waals surface area contributed by atoms with E-state index in [9.17, 15) is 13.2 Å². The van der Waals surface area contributed by atoms with Gasteiger partial charge in [0.15, 0.2) is 0 Å². The molecule has 2 N–H and O–H groups in total. The van der Waals surface area contributed by atoms with Crippen molar-refractivity contribution >= 4 is 21.6 Å². The molecule has 0 saturated carbocycles. The van der Waals surface area contributed by atoms with Gasteiger partial charge in [0.25, 0.3) is 5.91 Å². The molecule has 9 heteroatoms. The van der Waals surface area contributed by atoms with E-state index in [0.717, 1.165) is 12.8 Å². The second kappa shape index (κ2) is 8.90. The standard InChI is InChI=1S/C18H29N3O5S/c1-12-9-19-13(2)11-26-16-7-6-14(20-27(5,23)24)8-15(16)18(22)21(3)10-17(12)25-4/h6-8,12-13,17,19-20H,9-11H2,1-5H3/t12-,13+,17-/m0/s1. The zero-order valence-corrected chi connectivity index (χ0v) is 17.3. The first-order chi connectivity index (χ1) is 12.6. The van der Waals surface area contributed by atoms with E-state index in [1.165, 1.54) is 6.07 Å². The number of amides is 1. The maximum absolute atomic E-state index is 13.0. The predicted molar refractivity (Wildman–Crippen MR) is 105 cm³/mol. The number of sulfonamides is 1. The molecule has 1 aliphatic rings. The summed E-state index contributed by atoms with van der Waals surface area (Å²) in [5.41, 5.74) is 0.623. The molecule has 1 heterocycles. The first-order valence-electron chi connectivity index (χ1n) is 8.87. The molecule has 0 radical (unpaired) electrons. The molecule has 0 bridgehead atoms. The van der Waals surface area contributed by atoms with Crippen LogP contribution in [0.25, 0.3) is 0 Å². The molecule has 1 aromatic carbocycles. The van der Waals surface area contributed by atoms with Crippen LogP contribution in [0.15, 0.2) is 18.2 Å². The van der Waals surface area contributed by atoms with Crippen LogP contribution in [0.4, 0.5) is 5.69 Å². The molecular formula is C18H29N3O5S. The van der Waals surface area contributed by atoms with Crippen molar-refractivity contribution in [3.63, 3.8) is 0 Å². The summed E-state index contributed by atoms with van der Waals surface area (Å²) in [6.45, 7) is 5.62. The Morgan fingerprint density at radius 3 is 2.67 bits per heavy atom. The van der Waals surface area contributed by atoms with Crippen molar-refractivity contribution in [2.24, 2.45) is 5.92 Å². The van der Waals surface area contributed by atoms with E-state index in [0.29, 0.717) is 30.2 Å². The third kappa shape index (κ3) is 6.08. The molecule has 1 aromatic rings. The molecule has 0 fully saturated rings. The lowest BCUT2D eigenvalue weighted by molar-refractivity contribution is 0.0281. The number of likely N-dealkylation sites (N-methyl/N-ethyl adjacent to an activating group) is 1. The van der Waals surface area contributed by atoms with E-state index in [2.05, 4.69) is 17.0 Å². The molecule has 0 aliphatic carbocycles. The van der Waals surface area contributed by atoms with Gasteiger partial charge in [0.1, 0.15) is 12.4 Å². The molecule has 0 unspecified atom stereocenters. The number of hydrogen-bond donors (Lipinski definition) is 2. The molecule has 1 amide bonds. The minimum atomic E-state index is -3.45. The third-order valence-corrected chi connectivity index (χ3v) is 5.13. The van der Waals surface area contributed by atoms with Gasteiger partial charge in [-0.1, -0.05) is 6.92 Å². The van der Waals surface area contributed by atoms with Gasteiger partial charge in [-0.2, -0.15) is 0 Å². The number of fused-ring (bicyclic) bond motifs is 1. The number of carbonyl (C=O) groups is 1. The van der Waals surface area contributed by atoms with E-state index in [1.807, 2.05) is 6.92 Å². The molecule has 0 saturated heterocycles. The highest BCUT2D eigenvalue weighted by Crippen LogP contribution is 2.26. The minimum absolute atomic E-state index is 0.0823. The number of hydrogen-bond acceptors (Lipinski definition) is 6. The summed E-state index contributed by atoms with van der Waals surface area (Å²) in [5, 5.41) is 3.41. The van der Waals surface area contributed by atoms with Gasteiger partial charge in [-0.15, -0.1) is 0 Å². The Morgan fingerprint density at radius 1 is 1.33 bits per heavy atom. The molecule has 152 valence electrons. The lowest BCUT2D eigenvalue weighted by atomic mass is 10.0. The first-order valence-corrected chi connectivity index (χ1v) is 10.8. The van der Waals surface area contributed by atoms with E-state index >= 15 is 0 Å². The highest BCUT2D eigenvalue weighted by Gasteiger charge is 2.25. The van der Waals surface area contributed by atoms with Crippen LogP contribution in [0.1, 0.15) is 24.2 Å². The SMILES string of the molecule is CO[C@H]1CN(C)C(=O)c2cc(NS(C)(=O)=O)ccc2OC[C@@H](C)NC[C@@H]1C. The zero-order valence-electron chi connectivity index (χ0n) is 16.5. The number of benzene rings is 1. The van der Waals surface area contributed by atoms with E-state index in [4.69, 9.17) is 9.47 Å². The van der Waals surface area contributed by atoms with Gasteiger partial charge >= 0.3 is 0 Å². The summed E-state index contributed by atoms with van der Waals surface area (Å²) in [7, 11) is -0.113. The summed E-state index contributed by atoms with van der Waals surface area (Å²) in [5.74, 6) is 0.365. The maximum atomic E-state index is 13.0. The summed E-state index contributed by atoms with van der Waals surface area (Å²) >= 11 is 0. The fourth-order valence-electron chi connectivity index (χ4n) is 2.94. The van der Waals surface area contributed by atoms with Crippen LogP contribution in [0.5, 0.6) is 5.75 Å². The van der Waals surface area contributed by atoms with Gasteiger partial charge in [-0.25, -0.2) is 8.42 Å². The van der Waals surface area contributed by atoms with Crippen molar-refractivity contribution in [3.05, 3.63) is 23.8 Å².